The summed E-state index contributed by atoms with van der Waals surface area (Å²) in [4.78, 5) is 0. The van der Waals surface area contributed by atoms with Gasteiger partial charge in [0.15, 0.2) is 0 Å². The summed E-state index contributed by atoms with van der Waals surface area (Å²) in [6, 6.07) is 6.86. The van der Waals surface area contributed by atoms with Crippen LogP contribution in [-0.2, 0) is 0 Å². The van der Waals surface area contributed by atoms with E-state index in [1.165, 1.54) is 31.4 Å². The lowest BCUT2D eigenvalue weighted by Gasteiger charge is -2.43. The molecule has 20 heavy (non-hydrogen) atoms. The Balaban J connectivity index is 1.94. The normalized spacial score (nSPS) is 34.0. The fraction of sp³-hybridized carbons (Fsp3) is 0.588. The number of nitrogens with zero attached hydrogens (tertiary/aromatic N) is 1. The molecule has 106 valence electrons. The molecule has 2 bridgehead atoms. The van der Waals surface area contributed by atoms with Crippen LogP contribution in [0.25, 0.3) is 0 Å². The monoisotopic (exact) mass is 272 g/mol. The molecule has 2 fully saturated rings. The van der Waals surface area contributed by atoms with E-state index in [0.29, 0.717) is 11.6 Å². The zero-order chi connectivity index (χ0) is 14.5. The van der Waals surface area contributed by atoms with E-state index in [0.717, 1.165) is 11.6 Å². The standard InChI is InChI=1S/C17H21FN2/c1-16(2)12-6-7-17(3,9-12)15(16)20-14-5-4-13(18)8-11(14)10-19/h4-5,8,12,15,20H,6-7,9H2,1-3H3. The molecule has 0 radical (unpaired) electrons. The van der Waals surface area contributed by atoms with E-state index >= 15 is 0 Å². The Morgan fingerprint density at radius 2 is 2.10 bits per heavy atom. The highest BCUT2D eigenvalue weighted by Gasteiger charge is 2.59. The summed E-state index contributed by atoms with van der Waals surface area (Å²) in [6.45, 7) is 6.97. The molecule has 3 unspecified atom stereocenters. The van der Waals surface area contributed by atoms with Gasteiger partial charge >= 0.3 is 0 Å². The minimum atomic E-state index is -0.356. The molecule has 2 nitrogen and oxygen atoms in total. The topological polar surface area (TPSA) is 35.8 Å². The Bertz CT molecular complexity index is 582. The maximum Gasteiger partial charge on any atom is 0.124 e. The van der Waals surface area contributed by atoms with Crippen molar-refractivity contribution in [2.45, 2.75) is 46.1 Å². The molecule has 3 atom stereocenters. The van der Waals surface area contributed by atoms with Gasteiger partial charge in [-0.15, -0.1) is 0 Å². The summed E-state index contributed by atoms with van der Waals surface area (Å²) in [5.41, 5.74) is 1.66. The second-order valence-electron chi connectivity index (χ2n) is 7.29. The summed E-state index contributed by atoms with van der Waals surface area (Å²) >= 11 is 0. The number of fused-ring (bicyclic) bond motifs is 2. The van der Waals surface area contributed by atoms with Crippen molar-refractivity contribution in [1.82, 2.24) is 0 Å². The van der Waals surface area contributed by atoms with Gasteiger partial charge in [-0.3, -0.25) is 0 Å². The molecular formula is C17H21FN2. The Kier molecular flexibility index (Phi) is 2.83. The summed E-state index contributed by atoms with van der Waals surface area (Å²) < 4.78 is 13.2. The molecule has 3 rings (SSSR count). The van der Waals surface area contributed by atoms with Gasteiger partial charge in [0.2, 0.25) is 0 Å². The van der Waals surface area contributed by atoms with Crippen molar-refractivity contribution in [3.05, 3.63) is 29.6 Å². The minimum absolute atomic E-state index is 0.216. The van der Waals surface area contributed by atoms with Crippen LogP contribution in [0.15, 0.2) is 18.2 Å². The van der Waals surface area contributed by atoms with Crippen molar-refractivity contribution in [2.75, 3.05) is 5.32 Å². The van der Waals surface area contributed by atoms with E-state index in [2.05, 4.69) is 32.2 Å². The van der Waals surface area contributed by atoms with Gasteiger partial charge in [0.1, 0.15) is 11.9 Å². The van der Waals surface area contributed by atoms with E-state index in [1.54, 1.807) is 6.07 Å². The van der Waals surface area contributed by atoms with E-state index in [1.807, 2.05) is 0 Å². The van der Waals surface area contributed by atoms with Crippen molar-refractivity contribution >= 4 is 5.69 Å². The minimum Gasteiger partial charge on any atom is -0.380 e. The van der Waals surface area contributed by atoms with Gasteiger partial charge < -0.3 is 5.32 Å². The van der Waals surface area contributed by atoms with Crippen molar-refractivity contribution in [1.29, 1.82) is 5.26 Å². The smallest absolute Gasteiger partial charge is 0.124 e. The Morgan fingerprint density at radius 1 is 1.35 bits per heavy atom. The predicted octanol–water partition coefficient (Wildman–Crippen LogP) is 4.32. The number of rotatable bonds is 2. The summed E-state index contributed by atoms with van der Waals surface area (Å²) in [7, 11) is 0. The number of benzene rings is 1. The first-order chi connectivity index (χ1) is 9.37. The zero-order valence-corrected chi connectivity index (χ0v) is 12.3. The number of hydrogen-bond donors (Lipinski definition) is 1. The summed E-state index contributed by atoms with van der Waals surface area (Å²) in [6.07, 6.45) is 3.79. The van der Waals surface area contributed by atoms with Crippen LogP contribution in [0, 0.1) is 33.9 Å². The molecule has 1 N–H and O–H groups in total. The average molecular weight is 272 g/mol. The lowest BCUT2D eigenvalue weighted by molar-refractivity contribution is 0.155. The molecule has 0 amide bonds. The Hall–Kier alpha value is -1.56. The molecule has 2 aliphatic rings. The highest BCUT2D eigenvalue weighted by atomic mass is 19.1. The van der Waals surface area contributed by atoms with Crippen LogP contribution in [0.1, 0.15) is 45.6 Å². The van der Waals surface area contributed by atoms with Gasteiger partial charge in [-0.2, -0.15) is 5.26 Å². The lowest BCUT2D eigenvalue weighted by Crippen LogP contribution is -2.45. The maximum absolute atomic E-state index is 13.2. The second-order valence-corrected chi connectivity index (χ2v) is 7.29. The Labute approximate surface area is 120 Å². The van der Waals surface area contributed by atoms with E-state index < -0.39 is 0 Å². The molecule has 0 aliphatic heterocycles. The van der Waals surface area contributed by atoms with Crippen LogP contribution in [0.2, 0.25) is 0 Å². The van der Waals surface area contributed by atoms with Gasteiger partial charge in [-0.25, -0.2) is 4.39 Å². The lowest BCUT2D eigenvalue weighted by atomic mass is 9.68. The molecule has 0 aromatic heterocycles. The van der Waals surface area contributed by atoms with Crippen LogP contribution in [0.4, 0.5) is 10.1 Å². The Morgan fingerprint density at radius 3 is 2.70 bits per heavy atom. The van der Waals surface area contributed by atoms with Crippen LogP contribution in [0.3, 0.4) is 0 Å². The van der Waals surface area contributed by atoms with Gasteiger partial charge in [-0.05, 0) is 54.2 Å². The first kappa shape index (κ1) is 13.4. The van der Waals surface area contributed by atoms with Crippen LogP contribution >= 0.6 is 0 Å². The third-order valence-electron chi connectivity index (χ3n) is 5.67. The number of hydrogen-bond acceptors (Lipinski definition) is 2. The number of halogens is 1. The van der Waals surface area contributed by atoms with Gasteiger partial charge in [0.25, 0.3) is 0 Å². The molecular weight excluding hydrogens is 251 g/mol. The van der Waals surface area contributed by atoms with Crippen LogP contribution in [0.5, 0.6) is 0 Å². The average Bonchev–Trinajstić information content (AvgIpc) is 2.87. The van der Waals surface area contributed by atoms with E-state index in [9.17, 15) is 9.65 Å². The largest absolute Gasteiger partial charge is 0.380 e. The molecule has 3 heteroatoms. The SMILES string of the molecule is CC12CCC(C1)C(C)(C)C2Nc1ccc(F)cc1C#N. The maximum atomic E-state index is 13.2. The third kappa shape index (κ3) is 1.82. The predicted molar refractivity (Wildman–Crippen MR) is 77.8 cm³/mol. The van der Waals surface area contributed by atoms with Crippen LogP contribution in [-0.4, -0.2) is 6.04 Å². The molecule has 0 heterocycles. The number of anilines is 1. The number of nitrogens with one attached hydrogen (secondary N) is 1. The van der Waals surface area contributed by atoms with Gasteiger partial charge in [0, 0.05) is 6.04 Å². The molecule has 2 saturated carbocycles. The molecule has 0 spiro atoms. The second kappa shape index (κ2) is 4.22. The fourth-order valence-electron chi connectivity index (χ4n) is 4.55. The summed E-state index contributed by atoms with van der Waals surface area (Å²) in [5, 5.41) is 12.7. The van der Waals surface area contributed by atoms with Crippen molar-refractivity contribution in [3.8, 4) is 6.07 Å². The molecule has 1 aromatic carbocycles. The van der Waals surface area contributed by atoms with Gasteiger partial charge in [-0.1, -0.05) is 20.8 Å². The third-order valence-corrected chi connectivity index (χ3v) is 5.67. The first-order valence-corrected chi connectivity index (χ1v) is 7.33. The molecule has 1 aromatic rings. The van der Waals surface area contributed by atoms with Crippen LogP contribution < -0.4 is 5.32 Å². The van der Waals surface area contributed by atoms with E-state index in [-0.39, 0.29) is 16.6 Å². The first-order valence-electron chi connectivity index (χ1n) is 7.33. The van der Waals surface area contributed by atoms with Gasteiger partial charge in [0.05, 0.1) is 11.3 Å². The quantitative estimate of drug-likeness (QED) is 0.870. The number of nitriles is 1. The van der Waals surface area contributed by atoms with E-state index in [4.69, 9.17) is 0 Å². The van der Waals surface area contributed by atoms with Crippen molar-refractivity contribution < 1.29 is 4.39 Å². The van der Waals surface area contributed by atoms with Crippen molar-refractivity contribution in [3.63, 3.8) is 0 Å². The highest BCUT2D eigenvalue weighted by molar-refractivity contribution is 5.58. The highest BCUT2D eigenvalue weighted by Crippen LogP contribution is 2.63. The fourth-order valence-corrected chi connectivity index (χ4v) is 4.55. The van der Waals surface area contributed by atoms with Crippen molar-refractivity contribution in [2.24, 2.45) is 16.7 Å². The summed E-state index contributed by atoms with van der Waals surface area (Å²) in [5.74, 6) is 0.390. The zero-order valence-electron chi connectivity index (χ0n) is 12.3. The molecule has 0 saturated heterocycles. The molecule has 2 aliphatic carbocycles.